The van der Waals surface area contributed by atoms with Gasteiger partial charge in [0.05, 0.1) is 46.5 Å². The summed E-state index contributed by atoms with van der Waals surface area (Å²) in [7, 11) is 0. The van der Waals surface area contributed by atoms with E-state index in [0.717, 1.165) is 6.07 Å². The summed E-state index contributed by atoms with van der Waals surface area (Å²) in [5.41, 5.74) is -3.79. The van der Waals surface area contributed by atoms with Gasteiger partial charge in [0.2, 0.25) is 0 Å². The van der Waals surface area contributed by atoms with Gasteiger partial charge in [-0.1, -0.05) is 24.3 Å². The molecule has 0 bridgehead atoms. The fourth-order valence-electron chi connectivity index (χ4n) is 4.81. The van der Waals surface area contributed by atoms with Crippen molar-refractivity contribution in [1.29, 1.82) is 0 Å². The van der Waals surface area contributed by atoms with Crippen LogP contribution in [-0.4, -0.2) is 31.4 Å². The minimum absolute atomic E-state index is 0.0449. The van der Waals surface area contributed by atoms with Crippen molar-refractivity contribution < 1.29 is 35.1 Å². The molecule has 0 fully saturated rings. The Hall–Kier alpha value is -4.88. The van der Waals surface area contributed by atoms with Crippen LogP contribution < -0.4 is 0 Å². The SMILES string of the molecule is Fc1cccc(-c2nc3c([nH]2)CN(C2(c4ccc(-c5ccc(C(F)(F)F)cc5C(F)(F)F)nn4)C=CC=C2)N=C3)c1F. The first-order valence-electron chi connectivity index (χ1n) is 12.2. The molecule has 0 radical (unpaired) electrons. The average molecular weight is 588 g/mol. The Balaban J connectivity index is 1.33. The number of fused-ring (bicyclic) bond motifs is 1. The number of nitrogens with zero attached hydrogens (tertiary/aromatic N) is 5. The summed E-state index contributed by atoms with van der Waals surface area (Å²) >= 11 is 0. The number of imidazole rings is 1. The van der Waals surface area contributed by atoms with Crippen LogP contribution >= 0.6 is 0 Å². The minimum Gasteiger partial charge on any atom is -0.340 e. The smallest absolute Gasteiger partial charge is 0.340 e. The van der Waals surface area contributed by atoms with Crippen molar-refractivity contribution in [3.05, 3.63) is 113 Å². The second-order valence-electron chi connectivity index (χ2n) is 9.46. The molecule has 1 N–H and O–H groups in total. The number of alkyl halides is 6. The summed E-state index contributed by atoms with van der Waals surface area (Å²) in [6.45, 7) is 0.102. The van der Waals surface area contributed by atoms with E-state index < -0.39 is 46.2 Å². The molecule has 214 valence electrons. The zero-order valence-electron chi connectivity index (χ0n) is 21.0. The maximum absolute atomic E-state index is 14.3. The number of H-pyrrole nitrogens is 1. The van der Waals surface area contributed by atoms with Gasteiger partial charge in [0, 0.05) is 5.56 Å². The lowest BCUT2D eigenvalue weighted by Gasteiger charge is -2.37. The van der Waals surface area contributed by atoms with Gasteiger partial charge in [-0.3, -0.25) is 5.01 Å². The molecule has 0 saturated carbocycles. The number of nitrogens with one attached hydrogen (secondary N) is 1. The van der Waals surface area contributed by atoms with Crippen LogP contribution in [0.25, 0.3) is 22.6 Å². The molecule has 0 unspecified atom stereocenters. The maximum Gasteiger partial charge on any atom is 0.417 e. The summed E-state index contributed by atoms with van der Waals surface area (Å²) in [5.74, 6) is -2.00. The lowest BCUT2D eigenvalue weighted by molar-refractivity contribution is -0.142. The molecule has 2 aromatic heterocycles. The predicted octanol–water partition coefficient (Wildman–Crippen LogP) is 7.02. The molecule has 14 heteroatoms. The number of hydrazone groups is 1. The summed E-state index contributed by atoms with van der Waals surface area (Å²) in [5, 5.41) is 14.1. The van der Waals surface area contributed by atoms with Gasteiger partial charge in [0.15, 0.2) is 11.6 Å². The summed E-state index contributed by atoms with van der Waals surface area (Å²) in [6.07, 6.45) is -1.76. The van der Waals surface area contributed by atoms with Crippen LogP contribution in [0.2, 0.25) is 0 Å². The van der Waals surface area contributed by atoms with Gasteiger partial charge in [-0.25, -0.2) is 13.8 Å². The number of hydrogen-bond acceptors (Lipinski definition) is 5. The van der Waals surface area contributed by atoms with E-state index in [0.29, 0.717) is 23.5 Å². The van der Waals surface area contributed by atoms with Crippen molar-refractivity contribution in [2.45, 2.75) is 24.4 Å². The van der Waals surface area contributed by atoms with E-state index in [1.807, 2.05) is 0 Å². The van der Waals surface area contributed by atoms with E-state index >= 15 is 0 Å². The molecule has 4 aromatic rings. The van der Waals surface area contributed by atoms with E-state index in [2.05, 4.69) is 25.3 Å². The summed E-state index contributed by atoms with van der Waals surface area (Å²) in [4.78, 5) is 7.29. The van der Waals surface area contributed by atoms with E-state index in [1.165, 1.54) is 30.5 Å². The van der Waals surface area contributed by atoms with Gasteiger partial charge >= 0.3 is 12.4 Å². The maximum atomic E-state index is 14.3. The summed E-state index contributed by atoms with van der Waals surface area (Å²) in [6, 6.07) is 7.67. The molecule has 1 aliphatic heterocycles. The highest BCUT2D eigenvalue weighted by atomic mass is 19.4. The van der Waals surface area contributed by atoms with Crippen LogP contribution in [0, 0.1) is 11.6 Å². The molecule has 0 spiro atoms. The van der Waals surface area contributed by atoms with E-state index in [-0.39, 0.29) is 35.4 Å². The highest BCUT2D eigenvalue weighted by Gasteiger charge is 2.41. The fourth-order valence-corrected chi connectivity index (χ4v) is 4.81. The molecule has 0 atom stereocenters. The van der Waals surface area contributed by atoms with E-state index in [4.69, 9.17) is 0 Å². The monoisotopic (exact) mass is 588 g/mol. The van der Waals surface area contributed by atoms with Crippen molar-refractivity contribution in [3.8, 4) is 22.6 Å². The van der Waals surface area contributed by atoms with Crippen molar-refractivity contribution in [2.24, 2.45) is 5.10 Å². The van der Waals surface area contributed by atoms with Gasteiger partial charge in [-0.2, -0.15) is 41.6 Å². The Morgan fingerprint density at radius 1 is 0.833 bits per heavy atom. The van der Waals surface area contributed by atoms with Crippen LogP contribution in [0.5, 0.6) is 0 Å². The molecular formula is C28H16F8N6. The third-order valence-electron chi connectivity index (χ3n) is 6.89. The zero-order valence-corrected chi connectivity index (χ0v) is 21.0. The standard InChI is InChI=1S/C28H16F8N6/c29-19-5-3-4-17(24(19)30)25-38-21-13-37-42(14-22(21)39-25)26(10-1-2-11-26)23-9-8-20(40-41-23)16-7-6-15(27(31,32)33)12-18(16)28(34,35)36/h1-13H,14H2,(H,38,39). The molecule has 2 aromatic carbocycles. The molecule has 0 saturated heterocycles. The average Bonchev–Trinajstić information content (AvgIpc) is 3.61. The third kappa shape index (κ3) is 4.62. The van der Waals surface area contributed by atoms with Crippen LogP contribution in [-0.2, 0) is 24.4 Å². The van der Waals surface area contributed by atoms with Gasteiger partial charge in [-0.05, 0) is 48.6 Å². The fraction of sp³-hybridized carbons (Fsp3) is 0.143. The number of allylic oxidation sites excluding steroid dienone is 2. The lowest BCUT2D eigenvalue weighted by Crippen LogP contribution is -2.41. The zero-order chi connectivity index (χ0) is 29.9. The van der Waals surface area contributed by atoms with Crippen molar-refractivity contribution >= 4 is 6.21 Å². The van der Waals surface area contributed by atoms with Crippen LogP contribution in [0.4, 0.5) is 35.1 Å². The highest BCUT2D eigenvalue weighted by Crippen LogP contribution is 2.42. The highest BCUT2D eigenvalue weighted by molar-refractivity contribution is 5.81. The molecule has 42 heavy (non-hydrogen) atoms. The lowest BCUT2D eigenvalue weighted by atomic mass is 9.94. The predicted molar refractivity (Wildman–Crippen MR) is 135 cm³/mol. The van der Waals surface area contributed by atoms with Gasteiger partial charge < -0.3 is 4.98 Å². The first-order chi connectivity index (χ1) is 19.9. The van der Waals surface area contributed by atoms with Crippen LogP contribution in [0.1, 0.15) is 28.2 Å². The molecule has 3 heterocycles. The topological polar surface area (TPSA) is 70.1 Å². The Bertz CT molecular complexity index is 1750. The van der Waals surface area contributed by atoms with Crippen molar-refractivity contribution in [1.82, 2.24) is 25.2 Å². The van der Waals surface area contributed by atoms with Crippen LogP contribution in [0.3, 0.4) is 0 Å². The van der Waals surface area contributed by atoms with Crippen molar-refractivity contribution in [2.75, 3.05) is 0 Å². The number of benzene rings is 2. The number of aromatic nitrogens is 4. The molecular weight excluding hydrogens is 572 g/mol. The van der Waals surface area contributed by atoms with Gasteiger partial charge in [0.1, 0.15) is 17.1 Å². The number of rotatable bonds is 4. The van der Waals surface area contributed by atoms with Gasteiger partial charge in [0.25, 0.3) is 0 Å². The van der Waals surface area contributed by atoms with Gasteiger partial charge in [-0.15, -0.1) is 0 Å². The largest absolute Gasteiger partial charge is 0.417 e. The Morgan fingerprint density at radius 2 is 1.60 bits per heavy atom. The number of halogens is 8. The Labute approximate surface area is 231 Å². The van der Waals surface area contributed by atoms with E-state index in [1.54, 1.807) is 29.3 Å². The number of hydrogen-bond donors (Lipinski definition) is 1. The minimum atomic E-state index is -5.08. The third-order valence-corrected chi connectivity index (χ3v) is 6.89. The summed E-state index contributed by atoms with van der Waals surface area (Å²) < 4.78 is 108. The molecule has 6 nitrogen and oxygen atoms in total. The Morgan fingerprint density at radius 3 is 2.26 bits per heavy atom. The number of aromatic amines is 1. The first kappa shape index (κ1) is 27.3. The Kier molecular flexibility index (Phi) is 6.24. The first-order valence-corrected chi connectivity index (χ1v) is 12.2. The molecule has 6 rings (SSSR count). The second-order valence-corrected chi connectivity index (χ2v) is 9.46. The van der Waals surface area contributed by atoms with Crippen LogP contribution in [0.15, 0.2) is 77.9 Å². The molecule has 2 aliphatic rings. The van der Waals surface area contributed by atoms with Crippen molar-refractivity contribution in [3.63, 3.8) is 0 Å². The second kappa shape index (κ2) is 9.60. The van der Waals surface area contributed by atoms with E-state index in [9.17, 15) is 35.1 Å². The quantitative estimate of drug-likeness (QED) is 0.260. The normalized spacial score (nSPS) is 15.9. The molecule has 1 aliphatic carbocycles. The molecule has 0 amide bonds.